The van der Waals surface area contributed by atoms with E-state index in [0.717, 1.165) is 22.1 Å². The maximum absolute atomic E-state index is 12.9. The van der Waals surface area contributed by atoms with Gasteiger partial charge in [-0.3, -0.25) is 9.59 Å². The predicted octanol–water partition coefficient (Wildman–Crippen LogP) is 3.91. The molecule has 9 heteroatoms. The summed E-state index contributed by atoms with van der Waals surface area (Å²) in [6, 6.07) is 4.05. The highest BCUT2D eigenvalue weighted by Gasteiger charge is 2.36. The molecule has 2 amide bonds. The average molecular weight is 372 g/mol. The number of carbonyl (C=O) groups is 2. The minimum Gasteiger partial charge on any atom is -0.490 e. The van der Waals surface area contributed by atoms with E-state index in [9.17, 15) is 22.8 Å². The summed E-state index contributed by atoms with van der Waals surface area (Å²) in [4.78, 5) is 23.6. The Morgan fingerprint density at radius 3 is 2.44 bits per heavy atom. The number of amides is 2. The number of ether oxygens (including phenoxy) is 1. The lowest BCUT2D eigenvalue weighted by molar-refractivity contribution is -0.137. The van der Waals surface area contributed by atoms with Crippen molar-refractivity contribution in [2.24, 2.45) is 5.73 Å². The third-order valence-corrected chi connectivity index (χ3v) is 3.82. The molecule has 0 bridgehead atoms. The van der Waals surface area contributed by atoms with Gasteiger partial charge in [-0.05, 0) is 26.0 Å². The number of rotatable bonds is 5. The highest BCUT2D eigenvalue weighted by atomic mass is 32.1. The van der Waals surface area contributed by atoms with Crippen LogP contribution in [-0.4, -0.2) is 17.9 Å². The minimum atomic E-state index is -4.62. The van der Waals surface area contributed by atoms with Gasteiger partial charge < -0.3 is 15.8 Å². The summed E-state index contributed by atoms with van der Waals surface area (Å²) < 4.78 is 44.1. The summed E-state index contributed by atoms with van der Waals surface area (Å²) in [7, 11) is 0. The molecule has 0 saturated heterocycles. The molecule has 0 aliphatic carbocycles. The van der Waals surface area contributed by atoms with Crippen molar-refractivity contribution in [2.75, 3.05) is 5.32 Å². The van der Waals surface area contributed by atoms with E-state index < -0.39 is 29.1 Å². The van der Waals surface area contributed by atoms with Crippen molar-refractivity contribution in [3.63, 3.8) is 0 Å². The smallest absolute Gasteiger partial charge is 0.417 e. The van der Waals surface area contributed by atoms with Gasteiger partial charge in [-0.25, -0.2) is 0 Å². The fraction of sp³-hybridized carbons (Fsp3) is 0.250. The van der Waals surface area contributed by atoms with E-state index in [1.54, 1.807) is 13.8 Å². The molecule has 0 saturated carbocycles. The molecule has 1 heterocycles. The van der Waals surface area contributed by atoms with Crippen molar-refractivity contribution in [1.82, 2.24) is 0 Å². The zero-order valence-electron chi connectivity index (χ0n) is 13.3. The number of primary amides is 1. The van der Waals surface area contributed by atoms with Gasteiger partial charge in [0.15, 0.2) is 0 Å². The van der Waals surface area contributed by atoms with E-state index in [-0.39, 0.29) is 23.1 Å². The zero-order valence-corrected chi connectivity index (χ0v) is 14.1. The number of nitrogens with two attached hydrogens (primary N) is 1. The summed E-state index contributed by atoms with van der Waals surface area (Å²) >= 11 is 0.783. The monoisotopic (exact) mass is 372 g/mol. The van der Waals surface area contributed by atoms with E-state index >= 15 is 0 Å². The summed E-state index contributed by atoms with van der Waals surface area (Å²) in [6.45, 7) is 3.47. The molecule has 0 atom stereocenters. The number of hydrogen-bond donors (Lipinski definition) is 2. The molecular weight excluding hydrogens is 357 g/mol. The first kappa shape index (κ1) is 18.8. The predicted molar refractivity (Wildman–Crippen MR) is 88.0 cm³/mol. The number of anilines is 1. The van der Waals surface area contributed by atoms with Gasteiger partial charge in [-0.15, -0.1) is 0 Å². The molecule has 0 fully saturated rings. The van der Waals surface area contributed by atoms with Crippen molar-refractivity contribution in [1.29, 1.82) is 0 Å². The third-order valence-electron chi connectivity index (χ3n) is 3.08. The molecule has 0 unspecified atom stereocenters. The average Bonchev–Trinajstić information content (AvgIpc) is 2.96. The van der Waals surface area contributed by atoms with E-state index in [1.807, 2.05) is 0 Å². The lowest BCUT2D eigenvalue weighted by atomic mass is 10.1. The third kappa shape index (κ3) is 4.50. The molecule has 0 spiro atoms. The van der Waals surface area contributed by atoms with Gasteiger partial charge in [-0.2, -0.15) is 24.5 Å². The largest absolute Gasteiger partial charge is 0.490 e. The van der Waals surface area contributed by atoms with Crippen LogP contribution in [0.25, 0.3) is 0 Å². The second-order valence-electron chi connectivity index (χ2n) is 5.39. The number of alkyl halides is 3. The molecule has 25 heavy (non-hydrogen) atoms. The Balaban J connectivity index is 2.30. The van der Waals surface area contributed by atoms with Crippen LogP contribution in [0, 0.1) is 0 Å². The standard InChI is InChI=1S/C16H15F3N2O3S/c1-8(2)24-13-5-9(3-4-10(13)14(20)22)21-15(23)11-6-25-7-12(11)16(17,18)19/h3-8H,1-2H3,(H2,20,22)(H,21,23). The normalized spacial score (nSPS) is 11.4. The van der Waals surface area contributed by atoms with Gasteiger partial charge in [0.1, 0.15) is 5.75 Å². The SMILES string of the molecule is CC(C)Oc1cc(NC(=O)c2cscc2C(F)(F)F)ccc1C(N)=O. The molecule has 1 aromatic heterocycles. The molecule has 2 rings (SSSR count). The summed E-state index contributed by atoms with van der Waals surface area (Å²) in [5.41, 5.74) is 4.08. The maximum atomic E-state index is 12.9. The Morgan fingerprint density at radius 2 is 1.88 bits per heavy atom. The molecule has 2 aromatic rings. The number of carbonyl (C=O) groups excluding carboxylic acids is 2. The van der Waals surface area contributed by atoms with Crippen molar-refractivity contribution in [3.05, 3.63) is 45.6 Å². The van der Waals surface area contributed by atoms with Crippen LogP contribution in [0.3, 0.4) is 0 Å². The van der Waals surface area contributed by atoms with Gasteiger partial charge in [0.25, 0.3) is 11.8 Å². The van der Waals surface area contributed by atoms with Crippen LogP contribution in [0.4, 0.5) is 18.9 Å². The molecule has 0 aliphatic heterocycles. The maximum Gasteiger partial charge on any atom is 0.417 e. The van der Waals surface area contributed by atoms with E-state index in [4.69, 9.17) is 10.5 Å². The Hall–Kier alpha value is -2.55. The lowest BCUT2D eigenvalue weighted by Gasteiger charge is -2.15. The minimum absolute atomic E-state index is 0.109. The zero-order chi connectivity index (χ0) is 18.8. The van der Waals surface area contributed by atoms with Gasteiger partial charge in [0.2, 0.25) is 0 Å². The molecule has 134 valence electrons. The van der Waals surface area contributed by atoms with Gasteiger partial charge in [0.05, 0.1) is 22.8 Å². The molecular formula is C16H15F3N2O3S. The Bertz CT molecular complexity index is 800. The molecule has 5 nitrogen and oxygen atoms in total. The van der Waals surface area contributed by atoms with Crippen LogP contribution in [0.2, 0.25) is 0 Å². The second-order valence-corrected chi connectivity index (χ2v) is 6.14. The number of hydrogen-bond acceptors (Lipinski definition) is 4. The number of benzene rings is 1. The topological polar surface area (TPSA) is 81.4 Å². The Kier molecular flexibility index (Phi) is 5.36. The highest BCUT2D eigenvalue weighted by Crippen LogP contribution is 2.34. The van der Waals surface area contributed by atoms with Crippen molar-refractivity contribution in [2.45, 2.75) is 26.1 Å². The quantitative estimate of drug-likeness (QED) is 0.835. The van der Waals surface area contributed by atoms with E-state index in [0.29, 0.717) is 0 Å². The van der Waals surface area contributed by atoms with Crippen LogP contribution >= 0.6 is 11.3 Å². The van der Waals surface area contributed by atoms with Gasteiger partial charge in [0, 0.05) is 22.5 Å². The highest BCUT2D eigenvalue weighted by molar-refractivity contribution is 7.08. The summed E-state index contributed by atoms with van der Waals surface area (Å²) in [6.07, 6.45) is -4.88. The van der Waals surface area contributed by atoms with Gasteiger partial charge >= 0.3 is 6.18 Å². The Morgan fingerprint density at radius 1 is 1.20 bits per heavy atom. The van der Waals surface area contributed by atoms with Crippen LogP contribution in [0.1, 0.15) is 40.1 Å². The van der Waals surface area contributed by atoms with Crippen LogP contribution in [-0.2, 0) is 6.18 Å². The number of thiophene rings is 1. The van der Waals surface area contributed by atoms with Crippen LogP contribution < -0.4 is 15.8 Å². The van der Waals surface area contributed by atoms with Gasteiger partial charge in [-0.1, -0.05) is 0 Å². The van der Waals surface area contributed by atoms with Crippen molar-refractivity contribution < 1.29 is 27.5 Å². The Labute approximate surface area is 145 Å². The first-order valence-corrected chi connectivity index (χ1v) is 8.09. The fourth-order valence-electron chi connectivity index (χ4n) is 2.05. The molecule has 3 N–H and O–H groups in total. The number of halogens is 3. The summed E-state index contributed by atoms with van der Waals surface area (Å²) in [5.74, 6) is -1.48. The first-order valence-electron chi connectivity index (χ1n) is 7.15. The molecule has 1 aromatic carbocycles. The van der Waals surface area contributed by atoms with E-state index in [2.05, 4.69) is 5.32 Å². The first-order chi connectivity index (χ1) is 11.6. The molecule has 0 aliphatic rings. The van der Waals surface area contributed by atoms with Crippen LogP contribution in [0.5, 0.6) is 5.75 Å². The van der Waals surface area contributed by atoms with E-state index in [1.165, 1.54) is 18.2 Å². The second kappa shape index (κ2) is 7.14. The molecule has 0 radical (unpaired) electrons. The summed E-state index contributed by atoms with van der Waals surface area (Å²) in [5, 5.41) is 4.37. The number of nitrogens with one attached hydrogen (secondary N) is 1. The fourth-order valence-corrected chi connectivity index (χ4v) is 2.88. The van der Waals surface area contributed by atoms with Crippen molar-refractivity contribution in [3.8, 4) is 5.75 Å². The van der Waals surface area contributed by atoms with Crippen LogP contribution in [0.15, 0.2) is 29.0 Å². The lowest BCUT2D eigenvalue weighted by Crippen LogP contribution is -2.18. The van der Waals surface area contributed by atoms with Crippen molar-refractivity contribution >= 4 is 28.8 Å².